The first-order valence-electron chi connectivity index (χ1n) is 11.8. The largest absolute Gasteiger partial charge is 0.301 e. The Balaban J connectivity index is 2.66. The molecule has 2 heteroatoms. The summed E-state index contributed by atoms with van der Waals surface area (Å²) in [5, 5.41) is 7.72. The van der Waals surface area contributed by atoms with Crippen LogP contribution >= 0.6 is 0 Å². The Bertz CT molecular complexity index is 474. The van der Waals surface area contributed by atoms with Crippen LogP contribution in [0.25, 0.3) is 6.08 Å². The average Bonchev–Trinajstić information content (AvgIpc) is 2.74. The van der Waals surface area contributed by atoms with Crippen LogP contribution in [0.2, 0.25) is 0 Å². The van der Waals surface area contributed by atoms with Crippen LogP contribution in [0, 0.1) is 11.8 Å². The number of benzene rings is 1. The first-order valence-corrected chi connectivity index (χ1v) is 11.8. The van der Waals surface area contributed by atoms with E-state index < -0.39 is 0 Å². The molecule has 1 aromatic carbocycles. The van der Waals surface area contributed by atoms with Crippen LogP contribution in [0.5, 0.6) is 0 Å². The molecule has 1 rings (SSSR count). The Morgan fingerprint density at radius 3 is 1.71 bits per heavy atom. The lowest BCUT2D eigenvalue weighted by Gasteiger charge is -2.26. The van der Waals surface area contributed by atoms with E-state index in [1.807, 2.05) is 6.08 Å². The van der Waals surface area contributed by atoms with Gasteiger partial charge >= 0.3 is 0 Å². The van der Waals surface area contributed by atoms with Crippen molar-refractivity contribution in [2.24, 2.45) is 11.8 Å². The van der Waals surface area contributed by atoms with Gasteiger partial charge in [-0.05, 0) is 48.9 Å². The Morgan fingerprint density at radius 1 is 0.821 bits per heavy atom. The van der Waals surface area contributed by atoms with Gasteiger partial charge in [-0.2, -0.15) is 0 Å². The SMILES string of the molecule is C=Cc1ccc(CC(NCC(CC)CCCC)NCC(CC)CCCC)cc1. The second kappa shape index (κ2) is 15.8. The van der Waals surface area contributed by atoms with E-state index in [0.29, 0.717) is 6.17 Å². The van der Waals surface area contributed by atoms with Gasteiger partial charge in [0.15, 0.2) is 0 Å². The zero-order chi connectivity index (χ0) is 20.6. The van der Waals surface area contributed by atoms with Crippen molar-refractivity contribution in [3.63, 3.8) is 0 Å². The Kier molecular flexibility index (Phi) is 14.0. The predicted octanol–water partition coefficient (Wildman–Crippen LogP) is 6.81. The summed E-state index contributed by atoms with van der Waals surface area (Å²) in [5.41, 5.74) is 2.58. The molecule has 0 saturated heterocycles. The second-order valence-corrected chi connectivity index (χ2v) is 8.35. The molecule has 2 N–H and O–H groups in total. The van der Waals surface area contributed by atoms with E-state index >= 15 is 0 Å². The van der Waals surface area contributed by atoms with Crippen molar-refractivity contribution in [2.45, 2.75) is 91.6 Å². The highest BCUT2D eigenvalue weighted by atomic mass is 15.1. The molecule has 0 bridgehead atoms. The van der Waals surface area contributed by atoms with E-state index in [4.69, 9.17) is 0 Å². The summed E-state index contributed by atoms with van der Waals surface area (Å²) in [6.07, 6.45) is 13.8. The van der Waals surface area contributed by atoms with Gasteiger partial charge < -0.3 is 10.6 Å². The molecule has 1 aromatic rings. The van der Waals surface area contributed by atoms with E-state index in [0.717, 1.165) is 31.3 Å². The van der Waals surface area contributed by atoms with Crippen LogP contribution in [0.1, 0.15) is 90.2 Å². The van der Waals surface area contributed by atoms with Gasteiger partial charge in [-0.1, -0.05) is 103 Å². The highest BCUT2D eigenvalue weighted by Gasteiger charge is 2.14. The minimum absolute atomic E-state index is 0.348. The van der Waals surface area contributed by atoms with Gasteiger partial charge in [0.1, 0.15) is 0 Å². The standard InChI is InChI=1S/C26H46N2/c1-6-11-13-23(9-4)20-27-26(28-21-24(10-5)14-12-7-2)19-25-17-15-22(8-3)16-18-25/h8,15-18,23-24,26-28H,3,6-7,9-14,19-21H2,1-2,4-5H3. The van der Waals surface area contributed by atoms with Gasteiger partial charge in [0, 0.05) is 6.42 Å². The van der Waals surface area contributed by atoms with Crippen LogP contribution < -0.4 is 10.6 Å². The summed E-state index contributed by atoms with van der Waals surface area (Å²) in [6.45, 7) is 15.3. The summed E-state index contributed by atoms with van der Waals surface area (Å²) in [7, 11) is 0. The van der Waals surface area contributed by atoms with Crippen LogP contribution in [0.3, 0.4) is 0 Å². The minimum atomic E-state index is 0.348. The van der Waals surface area contributed by atoms with E-state index in [-0.39, 0.29) is 0 Å². The topological polar surface area (TPSA) is 24.1 Å². The smallest absolute Gasteiger partial charge is 0.0613 e. The first-order chi connectivity index (χ1) is 13.7. The quantitative estimate of drug-likeness (QED) is 0.287. The summed E-state index contributed by atoms with van der Waals surface area (Å²) in [4.78, 5) is 0. The van der Waals surface area contributed by atoms with Crippen LogP contribution in [-0.2, 0) is 6.42 Å². The Labute approximate surface area is 175 Å². The average molecular weight is 387 g/mol. The van der Waals surface area contributed by atoms with Crippen molar-refractivity contribution in [1.29, 1.82) is 0 Å². The zero-order valence-electron chi connectivity index (χ0n) is 19.1. The summed E-state index contributed by atoms with van der Waals surface area (Å²) in [6, 6.07) is 8.84. The molecule has 2 unspecified atom stereocenters. The normalized spacial score (nSPS) is 14.6. The maximum atomic E-state index is 3.86. The maximum absolute atomic E-state index is 3.86. The van der Waals surface area contributed by atoms with Crippen molar-refractivity contribution in [1.82, 2.24) is 10.6 Å². The molecule has 28 heavy (non-hydrogen) atoms. The van der Waals surface area contributed by atoms with Gasteiger partial charge in [-0.15, -0.1) is 0 Å². The van der Waals surface area contributed by atoms with Crippen molar-refractivity contribution in [2.75, 3.05) is 13.1 Å². The van der Waals surface area contributed by atoms with Crippen LogP contribution in [-0.4, -0.2) is 19.3 Å². The summed E-state index contributed by atoms with van der Waals surface area (Å²) in [5.74, 6) is 1.57. The zero-order valence-corrected chi connectivity index (χ0v) is 19.1. The first kappa shape index (κ1) is 24.9. The lowest BCUT2D eigenvalue weighted by atomic mass is 9.98. The predicted molar refractivity (Wildman–Crippen MR) is 127 cm³/mol. The molecule has 0 radical (unpaired) electrons. The molecular formula is C26H46N2. The lowest BCUT2D eigenvalue weighted by Crippen LogP contribution is -2.47. The van der Waals surface area contributed by atoms with Crippen molar-refractivity contribution < 1.29 is 0 Å². The highest BCUT2D eigenvalue weighted by Crippen LogP contribution is 2.14. The van der Waals surface area contributed by atoms with E-state index in [2.05, 4.69) is 69.2 Å². The minimum Gasteiger partial charge on any atom is -0.301 e. The van der Waals surface area contributed by atoms with Crippen molar-refractivity contribution in [3.8, 4) is 0 Å². The molecule has 160 valence electrons. The van der Waals surface area contributed by atoms with Crippen LogP contribution in [0.15, 0.2) is 30.8 Å². The van der Waals surface area contributed by atoms with Gasteiger partial charge in [0.2, 0.25) is 0 Å². The molecule has 0 heterocycles. The molecular weight excluding hydrogens is 340 g/mol. The summed E-state index contributed by atoms with van der Waals surface area (Å²) < 4.78 is 0. The Morgan fingerprint density at radius 2 is 1.32 bits per heavy atom. The molecule has 2 nitrogen and oxygen atoms in total. The number of rotatable bonds is 17. The van der Waals surface area contributed by atoms with Crippen molar-refractivity contribution in [3.05, 3.63) is 42.0 Å². The number of hydrogen-bond acceptors (Lipinski definition) is 2. The third kappa shape index (κ3) is 10.4. The summed E-state index contributed by atoms with van der Waals surface area (Å²) >= 11 is 0. The highest BCUT2D eigenvalue weighted by molar-refractivity contribution is 5.47. The molecule has 2 atom stereocenters. The van der Waals surface area contributed by atoms with Gasteiger partial charge in [0.05, 0.1) is 6.17 Å². The molecule has 0 aliphatic carbocycles. The fourth-order valence-corrected chi connectivity index (χ4v) is 3.75. The second-order valence-electron chi connectivity index (χ2n) is 8.35. The monoisotopic (exact) mass is 386 g/mol. The van der Waals surface area contributed by atoms with Crippen molar-refractivity contribution >= 4 is 6.08 Å². The van der Waals surface area contributed by atoms with Gasteiger partial charge in [0.25, 0.3) is 0 Å². The Hall–Kier alpha value is -1.12. The molecule has 0 amide bonds. The van der Waals surface area contributed by atoms with Gasteiger partial charge in [-0.3, -0.25) is 0 Å². The number of nitrogens with one attached hydrogen (secondary N) is 2. The van der Waals surface area contributed by atoms with Crippen LogP contribution in [0.4, 0.5) is 0 Å². The van der Waals surface area contributed by atoms with Gasteiger partial charge in [-0.25, -0.2) is 0 Å². The molecule has 0 spiro atoms. The van der Waals surface area contributed by atoms with E-state index in [1.54, 1.807) is 0 Å². The lowest BCUT2D eigenvalue weighted by molar-refractivity contribution is 0.324. The molecule has 0 fully saturated rings. The molecule has 0 saturated carbocycles. The fraction of sp³-hybridized carbons (Fsp3) is 0.692. The number of unbranched alkanes of at least 4 members (excludes halogenated alkanes) is 2. The third-order valence-corrected chi connectivity index (χ3v) is 6.05. The van der Waals surface area contributed by atoms with E-state index in [1.165, 1.54) is 62.5 Å². The fourth-order valence-electron chi connectivity index (χ4n) is 3.75. The maximum Gasteiger partial charge on any atom is 0.0613 e. The number of hydrogen-bond donors (Lipinski definition) is 2. The third-order valence-electron chi connectivity index (χ3n) is 6.05. The van der Waals surface area contributed by atoms with E-state index in [9.17, 15) is 0 Å². The molecule has 0 aliphatic rings. The molecule has 0 aliphatic heterocycles. The molecule has 0 aromatic heterocycles.